The van der Waals surface area contributed by atoms with E-state index in [0.717, 1.165) is 30.4 Å². The van der Waals surface area contributed by atoms with Gasteiger partial charge in [0.25, 0.3) is 0 Å². The highest BCUT2D eigenvalue weighted by molar-refractivity contribution is 7.89. The fourth-order valence-electron chi connectivity index (χ4n) is 2.79. The van der Waals surface area contributed by atoms with E-state index in [-0.39, 0.29) is 6.04 Å². The lowest BCUT2D eigenvalue weighted by molar-refractivity contribution is 0.130. The van der Waals surface area contributed by atoms with Gasteiger partial charge >= 0.3 is 0 Å². The zero-order valence-electron chi connectivity index (χ0n) is 12.1. The first-order chi connectivity index (χ1) is 9.40. The van der Waals surface area contributed by atoms with Gasteiger partial charge < -0.3 is 5.11 Å². The van der Waals surface area contributed by atoms with Gasteiger partial charge in [0.05, 0.1) is 11.0 Å². The van der Waals surface area contributed by atoms with Crippen molar-refractivity contribution in [1.29, 1.82) is 0 Å². The van der Waals surface area contributed by atoms with E-state index in [1.807, 2.05) is 13.0 Å². The van der Waals surface area contributed by atoms with Gasteiger partial charge in [-0.3, -0.25) is 0 Å². The third kappa shape index (κ3) is 3.59. The number of nitrogens with one attached hydrogen (secondary N) is 1. The fraction of sp³-hybridized carbons (Fsp3) is 0.600. The molecule has 20 heavy (non-hydrogen) atoms. The summed E-state index contributed by atoms with van der Waals surface area (Å²) < 4.78 is 27.6. The molecule has 112 valence electrons. The molecule has 1 aromatic carbocycles. The second kappa shape index (κ2) is 6.24. The molecule has 1 aliphatic carbocycles. The van der Waals surface area contributed by atoms with Crippen LogP contribution >= 0.6 is 0 Å². The summed E-state index contributed by atoms with van der Waals surface area (Å²) in [5.41, 5.74) is 1.77. The molecule has 0 radical (unpaired) electrons. The lowest BCUT2D eigenvalue weighted by Gasteiger charge is -2.22. The van der Waals surface area contributed by atoms with Crippen LogP contribution < -0.4 is 4.72 Å². The zero-order valence-corrected chi connectivity index (χ0v) is 12.9. The SMILES string of the molecule is Cc1ccc(S(=O)(=O)N[C@@H]2CCCCC[C@H]2O)c(C)c1. The largest absolute Gasteiger partial charge is 0.391 e. The van der Waals surface area contributed by atoms with E-state index in [1.165, 1.54) is 0 Å². The summed E-state index contributed by atoms with van der Waals surface area (Å²) in [5, 5.41) is 10.0. The van der Waals surface area contributed by atoms with Crippen LogP contribution in [-0.4, -0.2) is 25.7 Å². The van der Waals surface area contributed by atoms with E-state index < -0.39 is 16.1 Å². The number of rotatable bonds is 3. The third-order valence-corrected chi connectivity index (χ3v) is 5.56. The molecule has 0 bridgehead atoms. The summed E-state index contributed by atoms with van der Waals surface area (Å²) in [7, 11) is -3.57. The molecule has 4 nitrogen and oxygen atoms in total. The van der Waals surface area contributed by atoms with E-state index in [4.69, 9.17) is 0 Å². The minimum atomic E-state index is -3.57. The molecule has 0 aromatic heterocycles. The van der Waals surface area contributed by atoms with Gasteiger partial charge in [0.1, 0.15) is 0 Å². The molecule has 0 saturated heterocycles. The van der Waals surface area contributed by atoms with Crippen LogP contribution in [0.25, 0.3) is 0 Å². The monoisotopic (exact) mass is 297 g/mol. The van der Waals surface area contributed by atoms with Gasteiger partial charge in [-0.15, -0.1) is 0 Å². The predicted molar refractivity (Wildman–Crippen MR) is 79.1 cm³/mol. The molecule has 1 saturated carbocycles. The van der Waals surface area contributed by atoms with Crippen LogP contribution in [0.5, 0.6) is 0 Å². The molecule has 5 heteroatoms. The molecule has 2 N–H and O–H groups in total. The van der Waals surface area contributed by atoms with E-state index in [0.29, 0.717) is 17.7 Å². The van der Waals surface area contributed by atoms with Crippen LogP contribution in [-0.2, 0) is 10.0 Å². The van der Waals surface area contributed by atoms with Crippen molar-refractivity contribution in [1.82, 2.24) is 4.72 Å². The van der Waals surface area contributed by atoms with Crippen LogP contribution in [0, 0.1) is 13.8 Å². The van der Waals surface area contributed by atoms with Crippen molar-refractivity contribution < 1.29 is 13.5 Å². The number of hydrogen-bond acceptors (Lipinski definition) is 3. The Bertz CT molecular complexity index is 568. The van der Waals surface area contributed by atoms with Gasteiger partial charge in [0, 0.05) is 6.04 Å². The van der Waals surface area contributed by atoms with E-state index in [1.54, 1.807) is 19.1 Å². The molecule has 1 aliphatic rings. The van der Waals surface area contributed by atoms with Crippen molar-refractivity contribution >= 4 is 10.0 Å². The van der Waals surface area contributed by atoms with Crippen LogP contribution in [0.1, 0.15) is 43.2 Å². The van der Waals surface area contributed by atoms with Crippen molar-refractivity contribution in [2.75, 3.05) is 0 Å². The average Bonchev–Trinajstić information content (AvgIpc) is 2.54. The number of sulfonamides is 1. The highest BCUT2D eigenvalue weighted by atomic mass is 32.2. The van der Waals surface area contributed by atoms with Crippen LogP contribution in [0.3, 0.4) is 0 Å². The first-order valence-corrected chi connectivity index (χ1v) is 8.66. The second-order valence-corrected chi connectivity index (χ2v) is 7.38. The highest BCUT2D eigenvalue weighted by Crippen LogP contribution is 2.22. The summed E-state index contributed by atoms with van der Waals surface area (Å²) in [5.74, 6) is 0. The van der Waals surface area contributed by atoms with Crippen molar-refractivity contribution in [2.45, 2.75) is 63.0 Å². The van der Waals surface area contributed by atoms with Crippen molar-refractivity contribution in [3.05, 3.63) is 29.3 Å². The Balaban J connectivity index is 2.21. The standard InChI is InChI=1S/C15H23NO3S/c1-11-8-9-15(12(2)10-11)20(18,19)16-13-6-4-3-5-7-14(13)17/h8-10,13-14,16-17H,3-7H2,1-2H3/t13-,14-/m1/s1. The maximum atomic E-state index is 12.5. The van der Waals surface area contributed by atoms with Gasteiger partial charge in [0.15, 0.2) is 0 Å². The molecule has 0 spiro atoms. The van der Waals surface area contributed by atoms with E-state index in [9.17, 15) is 13.5 Å². The molecule has 2 rings (SSSR count). The second-order valence-electron chi connectivity index (χ2n) is 5.70. The molecule has 1 fully saturated rings. The van der Waals surface area contributed by atoms with Gasteiger partial charge in [-0.1, -0.05) is 37.0 Å². The Labute approximate surface area is 121 Å². The molecule has 1 aromatic rings. The summed E-state index contributed by atoms with van der Waals surface area (Å²) >= 11 is 0. The Morgan fingerprint density at radius 1 is 1.15 bits per heavy atom. The zero-order chi connectivity index (χ0) is 14.8. The number of aliphatic hydroxyl groups is 1. The summed E-state index contributed by atoms with van der Waals surface area (Å²) in [6, 6.07) is 4.92. The molecule has 0 aliphatic heterocycles. The van der Waals surface area contributed by atoms with E-state index in [2.05, 4.69) is 4.72 Å². The fourth-order valence-corrected chi connectivity index (χ4v) is 4.32. The molecule has 0 heterocycles. The summed E-state index contributed by atoms with van der Waals surface area (Å²) in [6.07, 6.45) is 3.75. The quantitative estimate of drug-likeness (QED) is 0.841. The number of benzene rings is 1. The Hall–Kier alpha value is -0.910. The third-order valence-electron chi connectivity index (χ3n) is 3.91. The highest BCUT2D eigenvalue weighted by Gasteiger charge is 2.27. The minimum absolute atomic E-state index is 0.305. The molecule has 2 atom stereocenters. The van der Waals surface area contributed by atoms with Crippen molar-refractivity contribution in [2.24, 2.45) is 0 Å². The molecular weight excluding hydrogens is 274 g/mol. The predicted octanol–water partition coefficient (Wildman–Crippen LogP) is 2.28. The van der Waals surface area contributed by atoms with Crippen molar-refractivity contribution in [3.63, 3.8) is 0 Å². The average molecular weight is 297 g/mol. The first-order valence-electron chi connectivity index (χ1n) is 7.18. The maximum Gasteiger partial charge on any atom is 0.241 e. The van der Waals surface area contributed by atoms with Gasteiger partial charge in [-0.05, 0) is 38.3 Å². The molecule has 0 unspecified atom stereocenters. The number of hydrogen-bond donors (Lipinski definition) is 2. The summed E-state index contributed by atoms with van der Waals surface area (Å²) in [6.45, 7) is 3.73. The van der Waals surface area contributed by atoms with Crippen LogP contribution in [0.4, 0.5) is 0 Å². The maximum absolute atomic E-state index is 12.5. The van der Waals surface area contributed by atoms with Crippen LogP contribution in [0.2, 0.25) is 0 Å². The normalized spacial score (nSPS) is 24.4. The van der Waals surface area contributed by atoms with E-state index >= 15 is 0 Å². The smallest absolute Gasteiger partial charge is 0.241 e. The van der Waals surface area contributed by atoms with Crippen LogP contribution in [0.15, 0.2) is 23.1 Å². The van der Waals surface area contributed by atoms with Crippen molar-refractivity contribution in [3.8, 4) is 0 Å². The Morgan fingerprint density at radius 2 is 1.85 bits per heavy atom. The minimum Gasteiger partial charge on any atom is -0.391 e. The lowest BCUT2D eigenvalue weighted by Crippen LogP contribution is -2.42. The topological polar surface area (TPSA) is 66.4 Å². The van der Waals surface area contributed by atoms with Gasteiger partial charge in [-0.2, -0.15) is 0 Å². The lowest BCUT2D eigenvalue weighted by atomic mass is 10.1. The number of aliphatic hydroxyl groups excluding tert-OH is 1. The van der Waals surface area contributed by atoms with Gasteiger partial charge in [-0.25, -0.2) is 13.1 Å². The number of aryl methyl sites for hydroxylation is 2. The van der Waals surface area contributed by atoms with Gasteiger partial charge in [0.2, 0.25) is 10.0 Å². The molecular formula is C15H23NO3S. The summed E-state index contributed by atoms with van der Waals surface area (Å²) in [4.78, 5) is 0.305. The Kier molecular flexibility index (Phi) is 4.83. The molecule has 0 amide bonds. The first kappa shape index (κ1) is 15.5. The Morgan fingerprint density at radius 3 is 2.55 bits per heavy atom.